The van der Waals surface area contributed by atoms with Crippen molar-refractivity contribution in [2.75, 3.05) is 14.2 Å². The van der Waals surface area contributed by atoms with Crippen LogP contribution in [0.25, 0.3) is 66.5 Å². The zero-order valence-electron chi connectivity index (χ0n) is 56.3. The number of aromatic amines is 1. The maximum absolute atomic E-state index is 12.9. The van der Waals surface area contributed by atoms with Crippen molar-refractivity contribution in [1.29, 1.82) is 0 Å². The van der Waals surface area contributed by atoms with E-state index < -0.39 is 53.0 Å². The molecule has 0 saturated carbocycles. The molecule has 2 N–H and O–H groups in total. The smallest absolute Gasteiger partial charge is 0.339 e. The van der Waals surface area contributed by atoms with Crippen molar-refractivity contribution in [3.8, 4) is 58.1 Å². The third kappa shape index (κ3) is 15.4. The van der Waals surface area contributed by atoms with E-state index in [1.54, 1.807) is 12.1 Å². The first-order valence-corrected chi connectivity index (χ1v) is 31.2. The highest BCUT2D eigenvalue weighted by atomic mass is 35.5. The molecule has 0 bridgehead atoms. The van der Waals surface area contributed by atoms with Gasteiger partial charge in [0.25, 0.3) is 0 Å². The summed E-state index contributed by atoms with van der Waals surface area (Å²) in [5.41, 5.74) is 15.9. The molecule has 3 unspecified atom stereocenters. The monoisotopic (exact) mass is 1300 g/mol. The minimum Gasteiger partial charge on any atom is -0.479 e. The number of fused-ring (bicyclic) bond motifs is 3. The van der Waals surface area contributed by atoms with E-state index in [-0.39, 0.29) is 0 Å². The summed E-state index contributed by atoms with van der Waals surface area (Å²) in [7, 11) is 2.74. The summed E-state index contributed by atoms with van der Waals surface area (Å²) in [4.78, 5) is 55.9. The number of terminal acetylenes is 2. The Balaban J connectivity index is 0.000000196. The Morgan fingerprint density at radius 1 is 0.500 bits per heavy atom. The van der Waals surface area contributed by atoms with Gasteiger partial charge in [0.15, 0.2) is 18.3 Å². The molecule has 18 heteroatoms. The first-order chi connectivity index (χ1) is 43.0. The number of esters is 2. The van der Waals surface area contributed by atoms with Crippen LogP contribution >= 0.6 is 34.8 Å². The normalized spacial score (nSPS) is 12.8. The second kappa shape index (κ2) is 28.5. The van der Waals surface area contributed by atoms with E-state index in [1.807, 2.05) is 194 Å². The molecule has 92 heavy (non-hydrogen) atoms. The van der Waals surface area contributed by atoms with Crippen LogP contribution in [0.4, 0.5) is 0 Å². The van der Waals surface area contributed by atoms with E-state index in [9.17, 15) is 19.5 Å². The Hall–Kier alpha value is -7.99. The highest BCUT2D eigenvalue weighted by molar-refractivity contribution is 6.31. The number of nitrogens with one attached hydrogen (secondary N) is 1. The van der Waals surface area contributed by atoms with Gasteiger partial charge in [0.05, 0.1) is 44.1 Å². The summed E-state index contributed by atoms with van der Waals surface area (Å²) >= 11 is 18.4. The van der Waals surface area contributed by atoms with Crippen LogP contribution in [0.2, 0.25) is 15.1 Å². The van der Waals surface area contributed by atoms with Crippen molar-refractivity contribution in [3.05, 3.63) is 155 Å². The lowest BCUT2D eigenvalue weighted by atomic mass is 9.91. The summed E-state index contributed by atoms with van der Waals surface area (Å²) in [6, 6.07) is 22.5. The number of ether oxygens (including phenoxy) is 5. The van der Waals surface area contributed by atoms with Gasteiger partial charge >= 0.3 is 17.9 Å². The van der Waals surface area contributed by atoms with Crippen LogP contribution in [0.5, 0.6) is 0 Å². The molecule has 9 aromatic rings. The summed E-state index contributed by atoms with van der Waals surface area (Å²) < 4.78 is 32.7. The molecule has 0 fully saturated rings. The Kier molecular flexibility index (Phi) is 22.1. The quantitative estimate of drug-likeness (QED) is 0.0778. The molecule has 484 valence electrons. The Bertz CT molecular complexity index is 4350. The van der Waals surface area contributed by atoms with Gasteiger partial charge in [-0.15, -0.1) is 12.8 Å². The summed E-state index contributed by atoms with van der Waals surface area (Å²) in [6.07, 6.45) is 8.22. The molecule has 6 aromatic heterocycles. The number of hydrogen-bond acceptors (Lipinski definition) is 11. The molecule has 15 nitrogen and oxygen atoms in total. The number of benzene rings is 3. The van der Waals surface area contributed by atoms with Crippen LogP contribution in [0.3, 0.4) is 0 Å². The van der Waals surface area contributed by atoms with Crippen LogP contribution in [-0.2, 0) is 51.2 Å². The number of carboxylic acids is 1. The standard InChI is InChI=1S/C26H29ClN2O3.C25H27ClN2O3.C23H27ClN2O3/c1-9-14-29-17(4)15(2)20-22(18-10-12-19(27)13-11-18)21(16(3)28-24(20)29)23(25(30)31-8)32-26(5,6)7;1-8-13-28-16(4)14(2)19-21(17-9-11-18(26)12-10-17)20(15(3)27-23(19)28)22(24(29)30)31-25(5,6)7;1-12-13(2)25-21-17(12)19(15-8-10-16(24)11-9-15)18(14(3)26-21)20(22(27)28-7)29-23(4,5)6/h1,10-13,23H,14H2,2-8H3;1,9-12,22H,13H2,2-7H3,(H,29,30);8-11,20H,1-7H3,(H,25,26). The number of carboxylic acid groups (broad SMARTS) is 1. The molecule has 0 amide bonds. The van der Waals surface area contributed by atoms with Crippen molar-refractivity contribution in [2.24, 2.45) is 0 Å². The van der Waals surface area contributed by atoms with E-state index in [0.29, 0.717) is 61.9 Å². The van der Waals surface area contributed by atoms with E-state index in [1.165, 1.54) is 14.2 Å². The lowest BCUT2D eigenvalue weighted by Crippen LogP contribution is -2.29. The number of aliphatic carboxylic acids is 1. The maximum Gasteiger partial charge on any atom is 0.339 e. The van der Waals surface area contributed by atoms with Gasteiger partial charge in [0, 0.05) is 98.8 Å². The van der Waals surface area contributed by atoms with E-state index in [2.05, 4.69) is 16.8 Å². The zero-order chi connectivity index (χ0) is 68.4. The zero-order valence-corrected chi connectivity index (χ0v) is 58.6. The lowest BCUT2D eigenvalue weighted by Gasteiger charge is -2.28. The number of aryl methyl sites for hydroxylation is 7. The van der Waals surface area contributed by atoms with Crippen molar-refractivity contribution >= 4 is 85.8 Å². The molecule has 6 heterocycles. The molecule has 0 aliphatic carbocycles. The summed E-state index contributed by atoms with van der Waals surface area (Å²) in [6.45, 7) is 35.5. The fraction of sp³-hybridized carbons (Fsp3) is 0.378. The maximum atomic E-state index is 12.9. The van der Waals surface area contributed by atoms with Crippen LogP contribution in [0.15, 0.2) is 72.8 Å². The average molecular weight is 1310 g/mol. The van der Waals surface area contributed by atoms with Gasteiger partial charge in [-0.1, -0.05) is 83.0 Å². The number of rotatable bonds is 14. The van der Waals surface area contributed by atoms with Gasteiger partial charge in [-0.3, -0.25) is 0 Å². The molecule has 0 aliphatic heterocycles. The number of halogens is 3. The molecule has 0 aliphatic rings. The largest absolute Gasteiger partial charge is 0.479 e. The highest BCUT2D eigenvalue weighted by Gasteiger charge is 2.38. The third-order valence-corrected chi connectivity index (χ3v) is 16.5. The third-order valence-electron chi connectivity index (χ3n) is 15.8. The van der Waals surface area contributed by atoms with Crippen LogP contribution in [-0.4, -0.2) is 83.1 Å². The second-order valence-corrected chi connectivity index (χ2v) is 27.0. The van der Waals surface area contributed by atoms with Crippen LogP contribution < -0.4 is 0 Å². The predicted octanol–water partition coefficient (Wildman–Crippen LogP) is 17.6. The fourth-order valence-corrected chi connectivity index (χ4v) is 11.8. The van der Waals surface area contributed by atoms with E-state index in [4.69, 9.17) is 86.3 Å². The molecule has 0 radical (unpaired) electrons. The van der Waals surface area contributed by atoms with Crippen molar-refractivity contribution < 1.29 is 43.2 Å². The number of methoxy groups -OCH3 is 2. The van der Waals surface area contributed by atoms with Gasteiger partial charge in [-0.25, -0.2) is 29.3 Å². The first kappa shape index (κ1) is 71.5. The SMILES string of the molecule is C#CCn1c(C)c(C)c2c(-c3ccc(Cl)cc3)c(C(OC(C)(C)C)C(=O)O)c(C)nc21.C#CCn1c(C)c(C)c2c(-c3ccc(Cl)cc3)c(C(OC(C)(C)C)C(=O)OC)c(C)nc21.COC(=O)C(OC(C)(C)C)c1c(C)nc2[nH]c(C)c(C)c2c1-c1ccc(Cl)cc1. The highest BCUT2D eigenvalue weighted by Crippen LogP contribution is 2.46. The minimum absolute atomic E-state index is 0.378. The number of nitrogens with zero attached hydrogens (tertiary/aromatic N) is 5. The molecular weight excluding hydrogens is 1220 g/mol. The molecule has 0 saturated heterocycles. The number of hydrogen-bond donors (Lipinski definition) is 2. The Labute approximate surface area is 555 Å². The van der Waals surface area contributed by atoms with Gasteiger partial charge < -0.3 is 42.9 Å². The number of carbonyl (C=O) groups excluding carboxylic acids is 2. The second-order valence-electron chi connectivity index (χ2n) is 25.7. The predicted molar refractivity (Wildman–Crippen MR) is 370 cm³/mol. The summed E-state index contributed by atoms with van der Waals surface area (Å²) in [5.74, 6) is 3.42. The molecular formula is C74H83Cl3N6O9. The van der Waals surface area contributed by atoms with Gasteiger partial charge in [0.1, 0.15) is 16.9 Å². The topological polar surface area (TPSA) is 182 Å². The minimum atomic E-state index is -1.18. The van der Waals surface area contributed by atoms with Gasteiger partial charge in [0.2, 0.25) is 0 Å². The fourth-order valence-electron chi connectivity index (χ4n) is 11.5. The Morgan fingerprint density at radius 2 is 0.804 bits per heavy atom. The van der Waals surface area contributed by atoms with E-state index >= 15 is 0 Å². The van der Waals surface area contributed by atoms with Crippen molar-refractivity contribution in [3.63, 3.8) is 0 Å². The molecule has 9 rings (SSSR count). The van der Waals surface area contributed by atoms with Crippen molar-refractivity contribution in [1.82, 2.24) is 29.1 Å². The number of aromatic nitrogens is 6. The molecule has 3 atom stereocenters. The van der Waals surface area contributed by atoms with E-state index in [0.717, 1.165) is 100 Å². The van der Waals surface area contributed by atoms with Crippen LogP contribution in [0.1, 0.15) is 148 Å². The molecule has 3 aromatic carbocycles. The number of pyridine rings is 3. The number of H-pyrrole nitrogens is 1. The first-order valence-electron chi connectivity index (χ1n) is 30.0. The Morgan fingerprint density at radius 3 is 1.11 bits per heavy atom. The molecule has 0 spiro atoms. The van der Waals surface area contributed by atoms with Gasteiger partial charge in [-0.05, 0) is 194 Å². The van der Waals surface area contributed by atoms with Crippen molar-refractivity contribution in [2.45, 2.75) is 173 Å². The number of carbonyl (C=O) groups is 3. The average Bonchev–Trinajstić information content (AvgIpc) is 1.51. The summed E-state index contributed by atoms with van der Waals surface area (Å²) in [5, 5.41) is 14.8. The van der Waals surface area contributed by atoms with Gasteiger partial charge in [-0.2, -0.15) is 0 Å². The van der Waals surface area contributed by atoms with Crippen LogP contribution in [0, 0.1) is 87.0 Å². The lowest BCUT2D eigenvalue weighted by molar-refractivity contribution is -0.164.